The second-order valence-corrected chi connectivity index (χ2v) is 11.5. The van der Waals surface area contributed by atoms with Crippen LogP contribution in [0.15, 0.2) is 86.0 Å². The minimum Gasteiger partial charge on any atom is -0.494 e. The van der Waals surface area contributed by atoms with Crippen LogP contribution < -0.4 is 18.9 Å². The summed E-state index contributed by atoms with van der Waals surface area (Å²) in [5.74, 6) is 0.104. The largest absolute Gasteiger partial charge is 0.494 e. The Balaban J connectivity index is 1.38. The molecule has 0 aliphatic heterocycles. The lowest BCUT2D eigenvalue weighted by molar-refractivity contribution is -0.138. The molecular weight excluding hydrogens is 640 g/mol. The van der Waals surface area contributed by atoms with Gasteiger partial charge in [0.15, 0.2) is 0 Å². The van der Waals surface area contributed by atoms with Crippen LogP contribution in [0.4, 0.5) is 0 Å². The van der Waals surface area contributed by atoms with Crippen LogP contribution in [0.3, 0.4) is 0 Å². The van der Waals surface area contributed by atoms with Crippen LogP contribution in [0.5, 0.6) is 23.0 Å². The molecule has 0 saturated heterocycles. The van der Waals surface area contributed by atoms with Gasteiger partial charge in [0, 0.05) is 12.2 Å². The van der Waals surface area contributed by atoms with Crippen LogP contribution in [-0.2, 0) is 19.1 Å². The molecule has 0 fully saturated rings. The lowest BCUT2D eigenvalue weighted by atomic mass is 10.1. The van der Waals surface area contributed by atoms with Crippen LogP contribution in [0.1, 0.15) is 83.2 Å². The molecule has 0 spiro atoms. The van der Waals surface area contributed by atoms with E-state index in [1.165, 1.54) is 0 Å². The number of carbonyl (C=O) groups is 4. The number of benzene rings is 3. The van der Waals surface area contributed by atoms with E-state index >= 15 is 0 Å². The van der Waals surface area contributed by atoms with E-state index in [-0.39, 0.29) is 0 Å². The summed E-state index contributed by atoms with van der Waals surface area (Å²) in [5, 5.41) is 0. The summed E-state index contributed by atoms with van der Waals surface area (Å²) in [4.78, 5) is 47.8. The molecule has 0 bridgehead atoms. The smallest absolute Gasteiger partial charge is 0.343 e. The Kier molecular flexibility index (Phi) is 16.8. The highest BCUT2D eigenvalue weighted by Gasteiger charge is 2.15. The van der Waals surface area contributed by atoms with E-state index < -0.39 is 23.9 Å². The monoisotopic (exact) mass is 686 g/mol. The Labute approximate surface area is 294 Å². The Morgan fingerprint density at radius 2 is 0.840 bits per heavy atom. The first-order valence-corrected chi connectivity index (χ1v) is 16.8. The van der Waals surface area contributed by atoms with Crippen molar-refractivity contribution in [3.8, 4) is 23.0 Å². The SMILES string of the molecule is C=CC(=O)OCCCCCCOc1ccc(C(=O)Oc2ccc(OC(=O)c3ccc(OCCCCCCOC(=O)C=C)cc3C)cc2)c(C)c1. The fourth-order valence-corrected chi connectivity index (χ4v) is 4.77. The van der Waals surface area contributed by atoms with Crippen molar-refractivity contribution in [1.82, 2.24) is 0 Å². The van der Waals surface area contributed by atoms with Gasteiger partial charge in [0.1, 0.15) is 23.0 Å². The van der Waals surface area contributed by atoms with Crippen molar-refractivity contribution < 1.29 is 47.6 Å². The third-order valence-electron chi connectivity index (χ3n) is 7.52. The van der Waals surface area contributed by atoms with E-state index in [2.05, 4.69) is 13.2 Å². The van der Waals surface area contributed by atoms with E-state index in [9.17, 15) is 19.2 Å². The number of rotatable bonds is 22. The molecule has 0 radical (unpaired) electrons. The van der Waals surface area contributed by atoms with Crippen molar-refractivity contribution in [2.75, 3.05) is 26.4 Å². The molecule has 3 aromatic carbocycles. The van der Waals surface area contributed by atoms with Crippen LogP contribution >= 0.6 is 0 Å². The van der Waals surface area contributed by atoms with Gasteiger partial charge >= 0.3 is 23.9 Å². The number of hydrogen-bond donors (Lipinski definition) is 0. The first-order valence-electron chi connectivity index (χ1n) is 16.8. The summed E-state index contributed by atoms with van der Waals surface area (Å²) in [5.41, 5.74) is 2.26. The van der Waals surface area contributed by atoms with Gasteiger partial charge in [-0.25, -0.2) is 19.2 Å². The fraction of sp³-hybridized carbons (Fsp3) is 0.350. The number of unbranched alkanes of at least 4 members (excludes halogenated alkanes) is 6. The average Bonchev–Trinajstić information content (AvgIpc) is 3.11. The molecule has 10 heteroatoms. The minimum absolute atomic E-state index is 0.308. The molecule has 0 N–H and O–H groups in total. The molecule has 0 aromatic heterocycles. The molecule has 10 nitrogen and oxygen atoms in total. The molecule has 0 heterocycles. The highest BCUT2D eigenvalue weighted by molar-refractivity contribution is 5.93. The molecule has 3 rings (SSSR count). The predicted molar refractivity (Wildman–Crippen MR) is 189 cm³/mol. The molecule has 0 unspecified atom stereocenters. The van der Waals surface area contributed by atoms with E-state index in [1.54, 1.807) is 60.7 Å². The molecule has 3 aromatic rings. The first-order chi connectivity index (χ1) is 24.2. The summed E-state index contributed by atoms with van der Waals surface area (Å²) < 4.78 is 32.7. The topological polar surface area (TPSA) is 124 Å². The maximum Gasteiger partial charge on any atom is 0.343 e. The number of aryl methyl sites for hydroxylation is 2. The molecule has 266 valence electrons. The van der Waals surface area contributed by atoms with Crippen molar-refractivity contribution in [1.29, 1.82) is 0 Å². The zero-order valence-corrected chi connectivity index (χ0v) is 28.9. The van der Waals surface area contributed by atoms with E-state index in [0.29, 0.717) is 60.6 Å². The summed E-state index contributed by atoms with van der Waals surface area (Å²) in [7, 11) is 0. The Morgan fingerprint density at radius 3 is 1.18 bits per heavy atom. The molecular formula is C40H46O10. The average molecular weight is 687 g/mol. The predicted octanol–water partition coefficient (Wildman–Crippen LogP) is 8.08. The molecule has 0 saturated carbocycles. The summed E-state index contributed by atoms with van der Waals surface area (Å²) in [6, 6.07) is 16.7. The van der Waals surface area contributed by atoms with Crippen molar-refractivity contribution in [3.05, 3.63) is 108 Å². The number of esters is 4. The maximum absolute atomic E-state index is 12.9. The Bertz CT molecular complexity index is 1470. The molecule has 0 amide bonds. The van der Waals surface area contributed by atoms with Gasteiger partial charge in [-0.2, -0.15) is 0 Å². The van der Waals surface area contributed by atoms with Crippen LogP contribution in [-0.4, -0.2) is 50.3 Å². The third-order valence-corrected chi connectivity index (χ3v) is 7.52. The maximum atomic E-state index is 12.9. The molecule has 50 heavy (non-hydrogen) atoms. The second kappa shape index (κ2) is 21.6. The lowest BCUT2D eigenvalue weighted by Crippen LogP contribution is -2.11. The lowest BCUT2D eigenvalue weighted by Gasteiger charge is -2.11. The van der Waals surface area contributed by atoms with Gasteiger partial charge in [0.25, 0.3) is 0 Å². The number of hydrogen-bond acceptors (Lipinski definition) is 10. The van der Waals surface area contributed by atoms with Gasteiger partial charge in [-0.15, -0.1) is 0 Å². The van der Waals surface area contributed by atoms with Crippen molar-refractivity contribution in [2.45, 2.75) is 65.2 Å². The fourth-order valence-electron chi connectivity index (χ4n) is 4.77. The normalized spacial score (nSPS) is 10.4. The van der Waals surface area contributed by atoms with Crippen molar-refractivity contribution in [2.24, 2.45) is 0 Å². The molecule has 0 aliphatic carbocycles. The highest BCUT2D eigenvalue weighted by Crippen LogP contribution is 2.24. The van der Waals surface area contributed by atoms with Gasteiger partial charge in [-0.3, -0.25) is 0 Å². The van der Waals surface area contributed by atoms with Gasteiger partial charge in [0.05, 0.1) is 37.6 Å². The van der Waals surface area contributed by atoms with Gasteiger partial charge in [-0.1, -0.05) is 13.2 Å². The first kappa shape index (κ1) is 39.1. The third kappa shape index (κ3) is 14.0. The summed E-state index contributed by atoms with van der Waals surface area (Å²) in [6.45, 7) is 12.2. The minimum atomic E-state index is -0.513. The quantitative estimate of drug-likeness (QED) is 0.0444. The standard InChI is InChI=1S/C40H46O10/c1-5-37(41)47-25-13-9-7-11-23-45-33-19-21-35(29(3)27-33)39(43)49-31-15-17-32(18-16-31)50-40(44)36-22-20-34(28-30(36)4)46-24-12-8-10-14-26-48-38(42)6-2/h5-6,15-22,27-28H,1-2,7-14,23-26H2,3-4H3. The van der Waals surface area contributed by atoms with E-state index in [1.807, 2.05) is 13.8 Å². The van der Waals surface area contributed by atoms with E-state index in [0.717, 1.165) is 74.6 Å². The molecule has 0 aliphatic rings. The van der Waals surface area contributed by atoms with Gasteiger partial charge in [-0.05, 0) is 137 Å². The zero-order chi connectivity index (χ0) is 36.1. The Hall–Kier alpha value is -5.38. The van der Waals surface area contributed by atoms with Crippen molar-refractivity contribution in [3.63, 3.8) is 0 Å². The van der Waals surface area contributed by atoms with Crippen molar-refractivity contribution >= 4 is 23.9 Å². The van der Waals surface area contributed by atoms with Gasteiger partial charge in [0.2, 0.25) is 0 Å². The summed E-state index contributed by atoms with van der Waals surface area (Å²) >= 11 is 0. The second-order valence-electron chi connectivity index (χ2n) is 11.5. The Morgan fingerprint density at radius 1 is 0.500 bits per heavy atom. The van der Waals surface area contributed by atoms with Gasteiger partial charge < -0.3 is 28.4 Å². The highest BCUT2D eigenvalue weighted by atomic mass is 16.5. The van der Waals surface area contributed by atoms with Crippen LogP contribution in [0, 0.1) is 13.8 Å². The number of carbonyl (C=O) groups excluding carboxylic acids is 4. The van der Waals surface area contributed by atoms with Crippen LogP contribution in [0.25, 0.3) is 0 Å². The van der Waals surface area contributed by atoms with E-state index in [4.69, 9.17) is 28.4 Å². The summed E-state index contributed by atoms with van der Waals surface area (Å²) in [6.07, 6.45) is 9.33. The molecule has 0 atom stereocenters. The zero-order valence-electron chi connectivity index (χ0n) is 28.9. The number of ether oxygens (including phenoxy) is 6. The van der Waals surface area contributed by atoms with Crippen LogP contribution in [0.2, 0.25) is 0 Å².